The SMILES string of the molecule is O=CC1CCN1Cl. The molecule has 0 spiro atoms. The van der Waals surface area contributed by atoms with Crippen molar-refractivity contribution >= 4 is 18.1 Å². The lowest BCUT2D eigenvalue weighted by atomic mass is 10.1. The van der Waals surface area contributed by atoms with Crippen LogP contribution < -0.4 is 0 Å². The average molecular weight is 120 g/mol. The molecule has 1 fully saturated rings. The monoisotopic (exact) mass is 119 g/mol. The van der Waals surface area contributed by atoms with E-state index >= 15 is 0 Å². The number of halogens is 1. The minimum absolute atomic E-state index is 0.00154. The Bertz CT molecular complexity index is 85.8. The fourth-order valence-electron chi connectivity index (χ4n) is 0.510. The largest absolute Gasteiger partial charge is 0.302 e. The van der Waals surface area contributed by atoms with Gasteiger partial charge < -0.3 is 4.79 Å². The molecule has 0 aromatic carbocycles. The number of aldehydes is 1. The highest BCUT2D eigenvalue weighted by molar-refractivity contribution is 6.14. The van der Waals surface area contributed by atoms with Gasteiger partial charge >= 0.3 is 0 Å². The first-order valence-corrected chi connectivity index (χ1v) is 2.56. The van der Waals surface area contributed by atoms with Crippen molar-refractivity contribution in [1.82, 2.24) is 4.42 Å². The van der Waals surface area contributed by atoms with E-state index in [-0.39, 0.29) is 6.04 Å². The molecule has 40 valence electrons. The lowest BCUT2D eigenvalue weighted by Gasteiger charge is -2.29. The lowest BCUT2D eigenvalue weighted by molar-refractivity contribution is -0.113. The molecule has 1 aliphatic heterocycles. The molecule has 0 aromatic rings. The van der Waals surface area contributed by atoms with Gasteiger partial charge in [-0.3, -0.25) is 0 Å². The third-order valence-electron chi connectivity index (χ3n) is 1.16. The average Bonchev–Trinajstić information content (AvgIpc) is 1.65. The summed E-state index contributed by atoms with van der Waals surface area (Å²) in [6.45, 7) is 0.852. The Kier molecular flexibility index (Phi) is 1.30. The summed E-state index contributed by atoms with van der Waals surface area (Å²) in [5.74, 6) is 0. The molecule has 1 heterocycles. The third-order valence-corrected chi connectivity index (χ3v) is 1.58. The lowest BCUT2D eigenvalue weighted by Crippen LogP contribution is -2.41. The summed E-state index contributed by atoms with van der Waals surface area (Å²) < 4.78 is 1.51. The van der Waals surface area contributed by atoms with Crippen LogP contribution in [0.3, 0.4) is 0 Å². The summed E-state index contributed by atoms with van der Waals surface area (Å²) in [6.07, 6.45) is 1.80. The van der Waals surface area contributed by atoms with Crippen molar-refractivity contribution in [3.8, 4) is 0 Å². The number of nitrogens with zero attached hydrogens (tertiary/aromatic N) is 1. The number of rotatable bonds is 1. The topological polar surface area (TPSA) is 20.3 Å². The van der Waals surface area contributed by atoms with Gasteiger partial charge in [0.1, 0.15) is 6.29 Å². The van der Waals surface area contributed by atoms with Crippen molar-refractivity contribution < 1.29 is 4.79 Å². The van der Waals surface area contributed by atoms with Gasteiger partial charge in [0.25, 0.3) is 0 Å². The second kappa shape index (κ2) is 1.80. The Morgan fingerprint density at radius 2 is 2.57 bits per heavy atom. The molecule has 1 atom stereocenters. The fourth-order valence-corrected chi connectivity index (χ4v) is 0.751. The van der Waals surface area contributed by atoms with Gasteiger partial charge in [0.15, 0.2) is 0 Å². The molecule has 0 saturated carbocycles. The summed E-state index contributed by atoms with van der Waals surface area (Å²) >= 11 is 5.42. The van der Waals surface area contributed by atoms with E-state index in [0.717, 1.165) is 19.3 Å². The summed E-state index contributed by atoms with van der Waals surface area (Å²) in [5, 5.41) is 0. The highest BCUT2D eigenvalue weighted by Gasteiger charge is 2.24. The molecule has 2 nitrogen and oxygen atoms in total. The molecule has 1 unspecified atom stereocenters. The highest BCUT2D eigenvalue weighted by Crippen LogP contribution is 2.16. The molecule has 0 radical (unpaired) electrons. The molecule has 0 amide bonds. The van der Waals surface area contributed by atoms with Crippen LogP contribution in [0.15, 0.2) is 0 Å². The maximum absolute atomic E-state index is 9.87. The van der Waals surface area contributed by atoms with Crippen LogP contribution in [0, 0.1) is 0 Å². The number of carbonyl (C=O) groups is 1. The molecule has 1 aliphatic rings. The van der Waals surface area contributed by atoms with Gasteiger partial charge in [0, 0.05) is 6.54 Å². The summed E-state index contributed by atoms with van der Waals surface area (Å²) in [4.78, 5) is 9.87. The number of hydrogen-bond donors (Lipinski definition) is 0. The smallest absolute Gasteiger partial charge is 0.138 e. The van der Waals surface area contributed by atoms with Crippen LogP contribution in [-0.2, 0) is 4.79 Å². The maximum atomic E-state index is 9.87. The highest BCUT2D eigenvalue weighted by atomic mass is 35.5. The Morgan fingerprint density at radius 3 is 2.57 bits per heavy atom. The summed E-state index contributed by atoms with van der Waals surface area (Å²) in [6, 6.07) is 0.00154. The second-order valence-corrected chi connectivity index (χ2v) is 2.05. The molecule has 0 bridgehead atoms. The number of hydrogen-bond acceptors (Lipinski definition) is 2. The van der Waals surface area contributed by atoms with Crippen molar-refractivity contribution in [3.63, 3.8) is 0 Å². The molecule has 3 heteroatoms. The molecule has 7 heavy (non-hydrogen) atoms. The molecule has 1 saturated heterocycles. The van der Waals surface area contributed by atoms with Crippen LogP contribution in [0.1, 0.15) is 6.42 Å². The van der Waals surface area contributed by atoms with Gasteiger partial charge in [0.05, 0.1) is 6.04 Å². The second-order valence-electron chi connectivity index (χ2n) is 1.62. The zero-order valence-corrected chi connectivity index (χ0v) is 4.56. The van der Waals surface area contributed by atoms with Crippen molar-refractivity contribution in [2.45, 2.75) is 12.5 Å². The molecule has 1 rings (SSSR count). The van der Waals surface area contributed by atoms with Crippen molar-refractivity contribution in [3.05, 3.63) is 0 Å². The van der Waals surface area contributed by atoms with Gasteiger partial charge in [-0.25, -0.2) is 4.42 Å². The van der Waals surface area contributed by atoms with Crippen LogP contribution in [-0.4, -0.2) is 23.3 Å². The van der Waals surface area contributed by atoms with E-state index in [1.165, 1.54) is 4.42 Å². The first kappa shape index (κ1) is 5.06. The minimum atomic E-state index is 0.00154. The summed E-state index contributed by atoms with van der Waals surface area (Å²) in [5.41, 5.74) is 0. The molecule has 0 aromatic heterocycles. The molecule has 0 N–H and O–H groups in total. The molecular formula is C4H6ClNO. The maximum Gasteiger partial charge on any atom is 0.138 e. The quantitative estimate of drug-likeness (QED) is 0.368. The van der Waals surface area contributed by atoms with Crippen LogP contribution in [0.4, 0.5) is 0 Å². The zero-order chi connectivity index (χ0) is 5.28. The van der Waals surface area contributed by atoms with Gasteiger partial charge in [-0.15, -0.1) is 0 Å². The van der Waals surface area contributed by atoms with Gasteiger partial charge in [-0.05, 0) is 18.2 Å². The minimum Gasteiger partial charge on any atom is -0.302 e. The normalized spacial score (nSPS) is 31.9. The van der Waals surface area contributed by atoms with Gasteiger partial charge in [-0.1, -0.05) is 0 Å². The van der Waals surface area contributed by atoms with E-state index in [1.807, 2.05) is 0 Å². The van der Waals surface area contributed by atoms with Crippen LogP contribution in [0.2, 0.25) is 0 Å². The van der Waals surface area contributed by atoms with E-state index in [9.17, 15) is 4.79 Å². The predicted octanol–water partition coefficient (Wildman–Crippen LogP) is 0.413. The van der Waals surface area contributed by atoms with Crippen molar-refractivity contribution in [2.75, 3.05) is 6.54 Å². The van der Waals surface area contributed by atoms with Crippen LogP contribution in [0.5, 0.6) is 0 Å². The standard InChI is InChI=1S/C4H6ClNO/c5-6-2-1-4(6)3-7/h3-4H,1-2H2. The Morgan fingerprint density at radius 1 is 1.86 bits per heavy atom. The van der Waals surface area contributed by atoms with Gasteiger partial charge in [-0.2, -0.15) is 0 Å². The van der Waals surface area contributed by atoms with E-state index in [4.69, 9.17) is 11.8 Å². The fraction of sp³-hybridized carbons (Fsp3) is 0.750. The summed E-state index contributed by atoms with van der Waals surface area (Å²) in [7, 11) is 0. The first-order chi connectivity index (χ1) is 3.34. The van der Waals surface area contributed by atoms with Crippen LogP contribution in [0.25, 0.3) is 0 Å². The van der Waals surface area contributed by atoms with Crippen molar-refractivity contribution in [1.29, 1.82) is 0 Å². The Labute approximate surface area is 47.2 Å². The zero-order valence-electron chi connectivity index (χ0n) is 3.80. The predicted molar refractivity (Wildman–Crippen MR) is 27.0 cm³/mol. The molecule has 0 aliphatic carbocycles. The van der Waals surface area contributed by atoms with E-state index in [2.05, 4.69) is 0 Å². The number of carbonyl (C=O) groups excluding carboxylic acids is 1. The van der Waals surface area contributed by atoms with E-state index < -0.39 is 0 Å². The molecular weight excluding hydrogens is 114 g/mol. The van der Waals surface area contributed by atoms with E-state index in [0.29, 0.717) is 0 Å². The van der Waals surface area contributed by atoms with E-state index in [1.54, 1.807) is 0 Å². The van der Waals surface area contributed by atoms with Crippen molar-refractivity contribution in [2.24, 2.45) is 0 Å². The Balaban J connectivity index is 2.28. The Hall–Kier alpha value is -0.0800. The first-order valence-electron chi connectivity index (χ1n) is 2.22. The van der Waals surface area contributed by atoms with Crippen LogP contribution >= 0.6 is 11.8 Å². The van der Waals surface area contributed by atoms with Gasteiger partial charge in [0.2, 0.25) is 0 Å². The third kappa shape index (κ3) is 0.763.